The maximum absolute atomic E-state index is 13.0. The Balaban J connectivity index is 1.82. The second-order valence-corrected chi connectivity index (χ2v) is 9.15. The Morgan fingerprint density at radius 2 is 1.94 bits per heavy atom. The second kappa shape index (κ2) is 9.35. The van der Waals surface area contributed by atoms with Crippen molar-refractivity contribution in [1.82, 2.24) is 25.7 Å². The van der Waals surface area contributed by atoms with Gasteiger partial charge in [-0.25, -0.2) is 8.42 Å². The summed E-state index contributed by atoms with van der Waals surface area (Å²) in [5.41, 5.74) is 0.348. The van der Waals surface area contributed by atoms with Gasteiger partial charge in [0.1, 0.15) is 17.8 Å². The van der Waals surface area contributed by atoms with E-state index in [1.165, 1.54) is 12.1 Å². The van der Waals surface area contributed by atoms with Crippen molar-refractivity contribution >= 4 is 27.6 Å². The summed E-state index contributed by atoms with van der Waals surface area (Å²) < 4.78 is 32.8. The summed E-state index contributed by atoms with van der Waals surface area (Å²) >= 11 is 0. The first-order valence-electron chi connectivity index (χ1n) is 9.69. The third-order valence-corrected chi connectivity index (χ3v) is 6.27. The molecule has 1 aromatic heterocycles. The highest BCUT2D eigenvalue weighted by molar-refractivity contribution is 7.89. The maximum Gasteiger partial charge on any atom is 0.289 e. The summed E-state index contributed by atoms with van der Waals surface area (Å²) in [7, 11) is -3.99. The number of Topliss-reactive ketones (excluding diaryl/α,β-unsaturated/α-hetero) is 1. The number of aromatic nitrogens is 2. The van der Waals surface area contributed by atoms with Gasteiger partial charge in [0.25, 0.3) is 5.91 Å². The fourth-order valence-corrected chi connectivity index (χ4v) is 4.46. The number of hydrogen-bond donors (Lipinski definition) is 3. The molecule has 11 nitrogen and oxygen atoms in total. The molecule has 1 aromatic carbocycles. The van der Waals surface area contributed by atoms with E-state index in [0.29, 0.717) is 17.9 Å². The molecule has 2 heterocycles. The van der Waals surface area contributed by atoms with Gasteiger partial charge in [0.15, 0.2) is 5.76 Å². The molecule has 0 aliphatic carbocycles. The van der Waals surface area contributed by atoms with Gasteiger partial charge in [0, 0.05) is 24.7 Å². The molecule has 1 aliphatic rings. The number of carbonyl (C=O) groups excluding carboxylic acids is 3. The molecular formula is C19H23N5O6S. The molecule has 0 saturated heterocycles. The van der Waals surface area contributed by atoms with Crippen molar-refractivity contribution in [3.63, 3.8) is 0 Å². The van der Waals surface area contributed by atoms with E-state index in [9.17, 15) is 22.8 Å². The predicted octanol–water partition coefficient (Wildman–Crippen LogP) is -0.659. The van der Waals surface area contributed by atoms with Crippen LogP contribution >= 0.6 is 0 Å². The van der Waals surface area contributed by atoms with Crippen molar-refractivity contribution in [2.45, 2.75) is 43.7 Å². The molecule has 0 radical (unpaired) electrons. The molecule has 31 heavy (non-hydrogen) atoms. The molecule has 12 heteroatoms. The lowest BCUT2D eigenvalue weighted by molar-refractivity contribution is -0.140. The van der Waals surface area contributed by atoms with Gasteiger partial charge in [-0.15, -0.1) is 5.10 Å². The Morgan fingerprint density at radius 1 is 1.23 bits per heavy atom. The molecule has 2 unspecified atom stereocenters. The number of nitrogens with zero attached hydrogens (tertiary/aromatic N) is 2. The first-order chi connectivity index (χ1) is 14.7. The Morgan fingerprint density at radius 3 is 2.61 bits per heavy atom. The van der Waals surface area contributed by atoms with Crippen LogP contribution in [-0.2, 0) is 37.2 Å². The number of rotatable bonds is 6. The lowest BCUT2D eigenvalue weighted by Crippen LogP contribution is -2.55. The van der Waals surface area contributed by atoms with E-state index in [1.807, 2.05) is 0 Å². The molecule has 2 aromatic rings. The van der Waals surface area contributed by atoms with Crippen LogP contribution in [0.25, 0.3) is 0 Å². The first kappa shape index (κ1) is 22.6. The maximum atomic E-state index is 13.0. The average Bonchev–Trinajstić information content (AvgIpc) is 3.18. The summed E-state index contributed by atoms with van der Waals surface area (Å²) in [6, 6.07) is 5.19. The number of amides is 2. The van der Waals surface area contributed by atoms with Crippen LogP contribution in [0.1, 0.15) is 25.3 Å². The van der Waals surface area contributed by atoms with Gasteiger partial charge in [-0.3, -0.25) is 14.4 Å². The Labute approximate surface area is 179 Å². The van der Waals surface area contributed by atoms with Crippen LogP contribution in [0, 0.1) is 5.92 Å². The smallest absolute Gasteiger partial charge is 0.289 e. The van der Waals surface area contributed by atoms with E-state index in [4.69, 9.17) is 4.52 Å². The fraction of sp³-hybridized carbons (Fsp3) is 0.421. The van der Waals surface area contributed by atoms with E-state index >= 15 is 0 Å². The predicted molar refractivity (Wildman–Crippen MR) is 107 cm³/mol. The Bertz CT molecular complexity index is 1070. The van der Waals surface area contributed by atoms with Gasteiger partial charge >= 0.3 is 0 Å². The largest absolute Gasteiger partial charge is 0.349 e. The summed E-state index contributed by atoms with van der Waals surface area (Å²) in [6.45, 7) is 3.48. The van der Waals surface area contributed by atoms with Crippen molar-refractivity contribution in [2.75, 3.05) is 6.54 Å². The molecule has 0 bridgehead atoms. The third-order valence-electron chi connectivity index (χ3n) is 4.81. The number of sulfonamides is 1. The van der Waals surface area contributed by atoms with Crippen molar-refractivity contribution in [1.29, 1.82) is 0 Å². The Kier molecular flexibility index (Phi) is 6.81. The quantitative estimate of drug-likeness (QED) is 0.490. The van der Waals surface area contributed by atoms with E-state index in [-0.39, 0.29) is 17.9 Å². The van der Waals surface area contributed by atoms with Crippen molar-refractivity contribution in [3.8, 4) is 0 Å². The number of ketones is 1. The van der Waals surface area contributed by atoms with Crippen molar-refractivity contribution in [2.24, 2.45) is 5.92 Å². The molecule has 3 N–H and O–H groups in total. The summed E-state index contributed by atoms with van der Waals surface area (Å²) in [6.07, 6.45) is 0.195. The van der Waals surface area contributed by atoms with Gasteiger partial charge in [0.2, 0.25) is 21.7 Å². The summed E-state index contributed by atoms with van der Waals surface area (Å²) in [5, 5.41) is 12.2. The van der Waals surface area contributed by atoms with Crippen LogP contribution in [0.15, 0.2) is 39.8 Å². The van der Waals surface area contributed by atoms with Crippen LogP contribution in [0.5, 0.6) is 0 Å². The highest BCUT2D eigenvalue weighted by atomic mass is 32.2. The summed E-state index contributed by atoms with van der Waals surface area (Å²) in [4.78, 5) is 37.7. The Hall–Kier alpha value is -3.12. The van der Waals surface area contributed by atoms with E-state index < -0.39 is 45.6 Å². The van der Waals surface area contributed by atoms with E-state index in [0.717, 1.165) is 0 Å². The monoisotopic (exact) mass is 449 g/mol. The topological polar surface area (TPSA) is 160 Å². The minimum Gasteiger partial charge on any atom is -0.349 e. The average molecular weight is 449 g/mol. The number of carbonyl (C=O) groups is 3. The molecule has 0 fully saturated rings. The zero-order valence-electron chi connectivity index (χ0n) is 17.0. The van der Waals surface area contributed by atoms with Gasteiger partial charge in [-0.1, -0.05) is 32.0 Å². The normalized spacial score (nSPS) is 18.4. The summed E-state index contributed by atoms with van der Waals surface area (Å²) in [5.74, 6) is -2.49. The minimum atomic E-state index is -3.99. The zero-order valence-corrected chi connectivity index (χ0v) is 17.8. The second-order valence-electron chi connectivity index (χ2n) is 7.43. The SMILES string of the molecule is CC(C)C(NS(=O)(=O)c1ccccc1)C(=O)NC1Cc2nnoc2CCNC(=O)C1=O. The molecule has 2 amide bonds. The van der Waals surface area contributed by atoms with Gasteiger partial charge in [-0.05, 0) is 18.1 Å². The number of nitrogens with one attached hydrogen (secondary N) is 3. The highest BCUT2D eigenvalue weighted by Gasteiger charge is 2.35. The van der Waals surface area contributed by atoms with E-state index in [1.54, 1.807) is 32.0 Å². The number of fused-ring (bicyclic) bond motifs is 1. The molecule has 3 rings (SSSR count). The van der Waals surface area contributed by atoms with Gasteiger partial charge in [-0.2, -0.15) is 4.72 Å². The molecule has 2 atom stereocenters. The molecule has 1 aliphatic heterocycles. The van der Waals surface area contributed by atoms with Crippen LogP contribution in [0.2, 0.25) is 0 Å². The van der Waals surface area contributed by atoms with Crippen molar-refractivity contribution < 1.29 is 27.3 Å². The molecule has 0 spiro atoms. The first-order valence-corrected chi connectivity index (χ1v) is 11.2. The number of benzene rings is 1. The lowest BCUT2D eigenvalue weighted by atomic mass is 10.0. The zero-order chi connectivity index (χ0) is 22.6. The van der Waals surface area contributed by atoms with Gasteiger partial charge < -0.3 is 15.2 Å². The third kappa shape index (κ3) is 5.33. The standard InChI is InChI=1S/C19H23N5O6S/c1-11(2)16(23-31(28,29)12-6-4-3-5-7-12)18(26)21-14-10-13-15(30-24-22-13)8-9-20-19(27)17(14)25/h3-7,11,14,16,23H,8-10H2,1-2H3,(H,20,27)(H,21,26). The molecular weight excluding hydrogens is 426 g/mol. The lowest BCUT2D eigenvalue weighted by Gasteiger charge is -2.24. The van der Waals surface area contributed by atoms with Crippen LogP contribution in [-0.4, -0.2) is 55.0 Å². The van der Waals surface area contributed by atoms with E-state index in [2.05, 4.69) is 25.7 Å². The van der Waals surface area contributed by atoms with Crippen LogP contribution in [0.3, 0.4) is 0 Å². The highest BCUT2D eigenvalue weighted by Crippen LogP contribution is 2.14. The van der Waals surface area contributed by atoms with Crippen LogP contribution < -0.4 is 15.4 Å². The fourth-order valence-electron chi connectivity index (χ4n) is 3.10. The number of hydrogen-bond acceptors (Lipinski definition) is 8. The minimum absolute atomic E-state index is 0.00431. The van der Waals surface area contributed by atoms with Crippen molar-refractivity contribution in [3.05, 3.63) is 41.8 Å². The van der Waals surface area contributed by atoms with Crippen LogP contribution in [0.4, 0.5) is 0 Å². The van der Waals surface area contributed by atoms with Gasteiger partial charge in [0.05, 0.1) is 4.90 Å². The molecule has 0 saturated carbocycles. The molecule has 166 valence electrons.